The van der Waals surface area contributed by atoms with Crippen molar-refractivity contribution in [3.05, 3.63) is 46.5 Å². The lowest BCUT2D eigenvalue weighted by Crippen LogP contribution is -2.06. The number of aromatic nitrogens is 2. The van der Waals surface area contributed by atoms with E-state index < -0.39 is 0 Å². The second-order valence-corrected chi connectivity index (χ2v) is 6.15. The SMILES string of the molecule is COc1ccc(CCC(=O)OCc2nc(-c3ccsc3)no2)cc1OC. The van der Waals surface area contributed by atoms with Gasteiger partial charge in [0.15, 0.2) is 18.1 Å². The third-order valence-corrected chi connectivity index (χ3v) is 4.35. The lowest BCUT2D eigenvalue weighted by atomic mass is 10.1. The molecule has 0 aliphatic carbocycles. The fourth-order valence-corrected chi connectivity index (χ4v) is 2.95. The number of ether oxygens (including phenoxy) is 3. The van der Waals surface area contributed by atoms with E-state index in [1.165, 1.54) is 0 Å². The molecule has 0 N–H and O–H groups in total. The predicted octanol–water partition coefficient (Wildman–Crippen LogP) is 3.49. The highest BCUT2D eigenvalue weighted by molar-refractivity contribution is 7.08. The van der Waals surface area contributed by atoms with Crippen LogP contribution in [0.5, 0.6) is 11.5 Å². The van der Waals surface area contributed by atoms with Crippen LogP contribution in [0.1, 0.15) is 17.9 Å². The summed E-state index contributed by atoms with van der Waals surface area (Å²) in [4.78, 5) is 16.1. The molecule has 26 heavy (non-hydrogen) atoms. The zero-order valence-corrected chi connectivity index (χ0v) is 15.2. The number of esters is 1. The molecular weight excluding hydrogens is 356 g/mol. The zero-order valence-electron chi connectivity index (χ0n) is 14.4. The van der Waals surface area contributed by atoms with Crippen LogP contribution in [0.2, 0.25) is 0 Å². The Hall–Kier alpha value is -2.87. The van der Waals surface area contributed by atoms with Crippen molar-refractivity contribution < 1.29 is 23.5 Å². The Morgan fingerprint density at radius 1 is 1.19 bits per heavy atom. The van der Waals surface area contributed by atoms with Gasteiger partial charge in [0.05, 0.1) is 14.2 Å². The van der Waals surface area contributed by atoms with Gasteiger partial charge in [0.2, 0.25) is 5.82 Å². The second kappa shape index (κ2) is 8.48. The van der Waals surface area contributed by atoms with Crippen LogP contribution in [0.4, 0.5) is 0 Å². The number of rotatable bonds is 8. The van der Waals surface area contributed by atoms with Crippen molar-refractivity contribution in [2.45, 2.75) is 19.4 Å². The molecule has 0 fully saturated rings. The molecule has 3 aromatic rings. The van der Waals surface area contributed by atoms with Crippen LogP contribution in [-0.4, -0.2) is 30.3 Å². The Morgan fingerprint density at radius 2 is 2.04 bits per heavy atom. The van der Waals surface area contributed by atoms with Crippen molar-refractivity contribution in [3.63, 3.8) is 0 Å². The van der Waals surface area contributed by atoms with Gasteiger partial charge in [-0.2, -0.15) is 16.3 Å². The van der Waals surface area contributed by atoms with Gasteiger partial charge < -0.3 is 18.7 Å². The van der Waals surface area contributed by atoms with Gasteiger partial charge in [-0.15, -0.1) is 0 Å². The van der Waals surface area contributed by atoms with E-state index in [1.54, 1.807) is 25.6 Å². The van der Waals surface area contributed by atoms with Crippen molar-refractivity contribution in [1.82, 2.24) is 10.1 Å². The van der Waals surface area contributed by atoms with Crippen molar-refractivity contribution in [2.24, 2.45) is 0 Å². The third-order valence-electron chi connectivity index (χ3n) is 3.67. The molecule has 0 bridgehead atoms. The fourth-order valence-electron chi connectivity index (χ4n) is 2.32. The van der Waals surface area contributed by atoms with Crippen molar-refractivity contribution in [3.8, 4) is 22.9 Å². The number of carbonyl (C=O) groups is 1. The molecular formula is C18H18N2O5S. The minimum atomic E-state index is -0.338. The van der Waals surface area contributed by atoms with Crippen LogP contribution in [-0.2, 0) is 22.6 Å². The van der Waals surface area contributed by atoms with Gasteiger partial charge >= 0.3 is 5.97 Å². The largest absolute Gasteiger partial charge is 0.493 e. The summed E-state index contributed by atoms with van der Waals surface area (Å²) >= 11 is 1.55. The summed E-state index contributed by atoms with van der Waals surface area (Å²) in [6, 6.07) is 7.44. The average Bonchev–Trinajstić information content (AvgIpc) is 3.35. The van der Waals surface area contributed by atoms with Gasteiger partial charge in [0, 0.05) is 17.4 Å². The maximum Gasteiger partial charge on any atom is 0.306 e. The number of hydrogen-bond donors (Lipinski definition) is 0. The highest BCUT2D eigenvalue weighted by atomic mass is 32.1. The van der Waals surface area contributed by atoms with Crippen LogP contribution in [0.3, 0.4) is 0 Å². The van der Waals surface area contributed by atoms with E-state index in [0.29, 0.717) is 23.7 Å². The van der Waals surface area contributed by atoms with E-state index in [4.69, 9.17) is 18.7 Å². The minimum Gasteiger partial charge on any atom is -0.493 e. The topological polar surface area (TPSA) is 83.7 Å². The summed E-state index contributed by atoms with van der Waals surface area (Å²) in [6.45, 7) is -0.0398. The number of hydrogen-bond acceptors (Lipinski definition) is 8. The molecule has 0 aliphatic rings. The highest BCUT2D eigenvalue weighted by Gasteiger charge is 2.12. The molecule has 0 atom stereocenters. The Kier molecular flexibility index (Phi) is 5.85. The summed E-state index contributed by atoms with van der Waals surface area (Å²) in [5, 5.41) is 7.72. The first-order valence-corrected chi connectivity index (χ1v) is 8.85. The van der Waals surface area contributed by atoms with Crippen LogP contribution in [0.25, 0.3) is 11.4 Å². The maximum atomic E-state index is 11.9. The first kappa shape index (κ1) is 17.9. The molecule has 0 aliphatic heterocycles. The smallest absolute Gasteiger partial charge is 0.306 e. The molecule has 0 saturated carbocycles. The standard InChI is InChI=1S/C18H18N2O5S/c1-22-14-5-3-12(9-15(14)23-2)4-6-17(21)24-10-16-19-18(20-25-16)13-7-8-26-11-13/h3,5,7-9,11H,4,6,10H2,1-2H3. The van der Waals surface area contributed by atoms with Gasteiger partial charge in [0.25, 0.3) is 5.89 Å². The van der Waals surface area contributed by atoms with Gasteiger partial charge in [0.1, 0.15) is 0 Å². The molecule has 1 aromatic carbocycles. The van der Waals surface area contributed by atoms with Gasteiger partial charge in [-0.1, -0.05) is 11.2 Å². The summed E-state index contributed by atoms with van der Waals surface area (Å²) in [5.41, 5.74) is 1.84. The molecule has 0 saturated heterocycles. The Balaban J connectivity index is 1.49. The molecule has 2 aromatic heterocycles. The van der Waals surface area contributed by atoms with E-state index in [-0.39, 0.29) is 24.9 Å². The van der Waals surface area contributed by atoms with E-state index >= 15 is 0 Å². The summed E-state index contributed by atoms with van der Waals surface area (Å²) in [6.07, 6.45) is 0.768. The Bertz CT molecular complexity index is 860. The molecule has 2 heterocycles. The number of benzene rings is 1. The molecule has 8 heteroatoms. The normalized spacial score (nSPS) is 10.5. The lowest BCUT2D eigenvalue weighted by Gasteiger charge is -2.09. The first-order valence-electron chi connectivity index (χ1n) is 7.91. The Morgan fingerprint density at radius 3 is 2.77 bits per heavy atom. The lowest BCUT2D eigenvalue weighted by molar-refractivity contribution is -0.145. The van der Waals surface area contributed by atoms with E-state index in [1.807, 2.05) is 35.0 Å². The minimum absolute atomic E-state index is 0.0398. The van der Waals surface area contributed by atoms with Crippen molar-refractivity contribution in [1.29, 1.82) is 0 Å². The molecule has 136 valence electrons. The first-order chi connectivity index (χ1) is 12.7. The van der Waals surface area contributed by atoms with Crippen LogP contribution in [0.15, 0.2) is 39.5 Å². The number of carbonyl (C=O) groups excluding carboxylic acids is 1. The molecule has 0 amide bonds. The number of nitrogens with zero attached hydrogens (tertiary/aromatic N) is 2. The molecule has 7 nitrogen and oxygen atoms in total. The van der Waals surface area contributed by atoms with E-state index in [9.17, 15) is 4.79 Å². The van der Waals surface area contributed by atoms with Gasteiger partial charge in [-0.25, -0.2) is 0 Å². The van der Waals surface area contributed by atoms with Crippen molar-refractivity contribution >= 4 is 17.3 Å². The number of aryl methyl sites for hydroxylation is 1. The van der Waals surface area contributed by atoms with Gasteiger partial charge in [-0.05, 0) is 35.6 Å². The molecule has 3 rings (SSSR count). The van der Waals surface area contributed by atoms with Crippen LogP contribution in [0, 0.1) is 0 Å². The molecule has 0 unspecified atom stereocenters. The number of methoxy groups -OCH3 is 2. The molecule has 0 radical (unpaired) electrons. The fraction of sp³-hybridized carbons (Fsp3) is 0.278. The predicted molar refractivity (Wildman–Crippen MR) is 95.3 cm³/mol. The third kappa shape index (κ3) is 4.40. The van der Waals surface area contributed by atoms with Crippen molar-refractivity contribution in [2.75, 3.05) is 14.2 Å². The van der Waals surface area contributed by atoms with E-state index in [2.05, 4.69) is 10.1 Å². The Labute approximate surface area is 154 Å². The van der Waals surface area contributed by atoms with E-state index in [0.717, 1.165) is 11.1 Å². The summed E-state index contributed by atoms with van der Waals surface area (Å²) in [7, 11) is 3.15. The molecule has 0 spiro atoms. The second-order valence-electron chi connectivity index (χ2n) is 5.37. The monoisotopic (exact) mass is 374 g/mol. The summed E-state index contributed by atoms with van der Waals surface area (Å²) < 4.78 is 20.7. The van der Waals surface area contributed by atoms with Gasteiger partial charge in [-0.3, -0.25) is 4.79 Å². The highest BCUT2D eigenvalue weighted by Crippen LogP contribution is 2.28. The quantitative estimate of drug-likeness (QED) is 0.558. The summed E-state index contributed by atoms with van der Waals surface area (Å²) in [5.74, 6) is 1.70. The average molecular weight is 374 g/mol. The number of thiophene rings is 1. The zero-order chi connectivity index (χ0) is 18.4. The van der Waals surface area contributed by atoms with Crippen LogP contribution < -0.4 is 9.47 Å². The maximum absolute atomic E-state index is 11.9. The van der Waals surface area contributed by atoms with Crippen LogP contribution >= 0.6 is 11.3 Å².